The Balaban J connectivity index is 1.20. The molecule has 0 bridgehead atoms. The lowest BCUT2D eigenvalue weighted by Gasteiger charge is -2.34. The molecular formula is C20H34N2O4S2. The number of carbonyl (C=O) groups excluding carboxylic acids is 1. The molecule has 1 aliphatic carbocycles. The molecule has 0 amide bonds. The summed E-state index contributed by atoms with van der Waals surface area (Å²) in [5.41, 5.74) is 0. The van der Waals surface area contributed by atoms with E-state index in [1.54, 1.807) is 0 Å². The van der Waals surface area contributed by atoms with Crippen LogP contribution in [0.1, 0.15) is 32.1 Å². The number of nitrogens with zero attached hydrogens (tertiary/aromatic N) is 2. The quantitative estimate of drug-likeness (QED) is 0.408. The first-order valence-electron chi connectivity index (χ1n) is 10.8. The van der Waals surface area contributed by atoms with Crippen molar-refractivity contribution in [2.75, 3.05) is 71.4 Å². The van der Waals surface area contributed by atoms with Crippen molar-refractivity contribution in [2.24, 2.45) is 5.92 Å². The van der Waals surface area contributed by atoms with Crippen LogP contribution in [0.25, 0.3) is 0 Å². The maximum atomic E-state index is 12.5. The van der Waals surface area contributed by atoms with E-state index in [0.717, 1.165) is 78.0 Å². The highest BCUT2D eigenvalue weighted by atomic mass is 33.1. The summed E-state index contributed by atoms with van der Waals surface area (Å²) in [6.07, 6.45) is 5.37. The van der Waals surface area contributed by atoms with Crippen LogP contribution in [0.2, 0.25) is 0 Å². The molecule has 1 unspecified atom stereocenters. The van der Waals surface area contributed by atoms with E-state index in [0.29, 0.717) is 11.2 Å². The van der Waals surface area contributed by atoms with Crippen LogP contribution in [0.5, 0.6) is 0 Å². The Kier molecular flexibility index (Phi) is 7.86. The van der Waals surface area contributed by atoms with Gasteiger partial charge in [0.05, 0.1) is 26.4 Å². The van der Waals surface area contributed by atoms with Crippen LogP contribution in [0.15, 0.2) is 0 Å². The number of morpholine rings is 2. The van der Waals surface area contributed by atoms with Gasteiger partial charge in [0.1, 0.15) is 6.10 Å². The van der Waals surface area contributed by atoms with Gasteiger partial charge in [-0.1, -0.05) is 21.6 Å². The maximum Gasteiger partial charge on any atom is 0.306 e. The lowest BCUT2D eigenvalue weighted by atomic mass is 10.1. The van der Waals surface area contributed by atoms with Gasteiger partial charge in [0.25, 0.3) is 0 Å². The largest absolute Gasteiger partial charge is 0.460 e. The number of carbonyl (C=O) groups is 1. The predicted octanol–water partition coefficient (Wildman–Crippen LogP) is 2.28. The molecular weight excluding hydrogens is 396 g/mol. The molecule has 6 nitrogen and oxygen atoms in total. The molecule has 28 heavy (non-hydrogen) atoms. The third kappa shape index (κ3) is 6.01. The summed E-state index contributed by atoms with van der Waals surface area (Å²) in [5.74, 6) is 2.11. The van der Waals surface area contributed by atoms with Crippen molar-refractivity contribution < 1.29 is 19.0 Å². The van der Waals surface area contributed by atoms with E-state index in [1.165, 1.54) is 25.0 Å². The Morgan fingerprint density at radius 1 is 1.07 bits per heavy atom. The van der Waals surface area contributed by atoms with Gasteiger partial charge in [0.2, 0.25) is 0 Å². The Morgan fingerprint density at radius 2 is 1.71 bits per heavy atom. The lowest BCUT2D eigenvalue weighted by Crippen LogP contribution is -2.48. The van der Waals surface area contributed by atoms with Gasteiger partial charge >= 0.3 is 5.97 Å². The van der Waals surface area contributed by atoms with Crippen LogP contribution in [0.4, 0.5) is 0 Å². The van der Waals surface area contributed by atoms with Crippen molar-refractivity contribution in [1.82, 2.24) is 9.80 Å². The zero-order valence-corrected chi connectivity index (χ0v) is 18.4. The third-order valence-corrected chi connectivity index (χ3v) is 9.75. The van der Waals surface area contributed by atoms with Gasteiger partial charge in [-0.25, -0.2) is 0 Å². The maximum absolute atomic E-state index is 12.5. The fraction of sp³-hybridized carbons (Fsp3) is 0.950. The fourth-order valence-electron chi connectivity index (χ4n) is 4.56. The van der Waals surface area contributed by atoms with Gasteiger partial charge in [-0.3, -0.25) is 14.6 Å². The molecule has 3 aliphatic heterocycles. The van der Waals surface area contributed by atoms with Crippen LogP contribution in [0.3, 0.4) is 0 Å². The number of hydrogen-bond donors (Lipinski definition) is 0. The van der Waals surface area contributed by atoms with E-state index < -0.39 is 0 Å². The summed E-state index contributed by atoms with van der Waals surface area (Å²) in [6.45, 7) is 8.43. The van der Waals surface area contributed by atoms with E-state index in [-0.39, 0.29) is 12.1 Å². The molecule has 4 fully saturated rings. The topological polar surface area (TPSA) is 51.2 Å². The Morgan fingerprint density at radius 3 is 2.29 bits per heavy atom. The highest BCUT2D eigenvalue weighted by molar-refractivity contribution is 8.77. The first kappa shape index (κ1) is 21.2. The number of ether oxygens (including phenoxy) is 3. The second-order valence-corrected chi connectivity index (χ2v) is 11.3. The first-order valence-corrected chi connectivity index (χ1v) is 13.2. The van der Waals surface area contributed by atoms with Crippen molar-refractivity contribution in [1.29, 1.82) is 0 Å². The molecule has 0 N–H and O–H groups in total. The molecule has 1 spiro atoms. The van der Waals surface area contributed by atoms with E-state index in [4.69, 9.17) is 14.2 Å². The molecule has 1 saturated carbocycles. The Hall–Kier alpha value is 0.01000. The minimum atomic E-state index is -0.0576. The number of rotatable bonds is 9. The predicted molar refractivity (Wildman–Crippen MR) is 114 cm³/mol. The van der Waals surface area contributed by atoms with Crippen molar-refractivity contribution in [3.05, 3.63) is 0 Å². The summed E-state index contributed by atoms with van der Waals surface area (Å²) >= 11 is 0. The van der Waals surface area contributed by atoms with E-state index in [1.807, 2.05) is 10.8 Å². The molecule has 0 radical (unpaired) electrons. The summed E-state index contributed by atoms with van der Waals surface area (Å²) in [6, 6.07) is 0. The minimum absolute atomic E-state index is 0.0188. The zero-order valence-electron chi connectivity index (χ0n) is 16.8. The van der Waals surface area contributed by atoms with Gasteiger partial charge in [0.15, 0.2) is 0 Å². The molecule has 2 atom stereocenters. The second kappa shape index (κ2) is 10.4. The summed E-state index contributed by atoms with van der Waals surface area (Å²) < 4.78 is 17.4. The Bertz CT molecular complexity index is 486. The minimum Gasteiger partial charge on any atom is -0.460 e. The van der Waals surface area contributed by atoms with E-state index in [9.17, 15) is 4.79 Å². The molecule has 160 valence electrons. The van der Waals surface area contributed by atoms with E-state index >= 15 is 0 Å². The molecule has 8 heteroatoms. The highest BCUT2D eigenvalue weighted by Gasteiger charge is 2.56. The zero-order chi connectivity index (χ0) is 19.2. The monoisotopic (exact) mass is 430 g/mol. The number of hydrogen-bond acceptors (Lipinski definition) is 8. The van der Waals surface area contributed by atoms with Crippen molar-refractivity contribution >= 4 is 27.6 Å². The van der Waals surface area contributed by atoms with Gasteiger partial charge in [-0.05, 0) is 31.6 Å². The van der Waals surface area contributed by atoms with Gasteiger partial charge in [-0.15, -0.1) is 0 Å². The molecule has 4 rings (SSSR count). The smallest absolute Gasteiger partial charge is 0.306 e. The van der Waals surface area contributed by atoms with Gasteiger partial charge < -0.3 is 14.2 Å². The van der Waals surface area contributed by atoms with Gasteiger partial charge in [0, 0.05) is 56.2 Å². The normalized spacial score (nSPS) is 31.5. The van der Waals surface area contributed by atoms with Crippen LogP contribution in [-0.4, -0.2) is 98.1 Å². The van der Waals surface area contributed by atoms with Crippen LogP contribution in [0, 0.1) is 5.92 Å². The summed E-state index contributed by atoms with van der Waals surface area (Å²) in [4.78, 5) is 17.3. The molecule has 3 heterocycles. The average molecular weight is 431 g/mol. The third-order valence-electron chi connectivity index (χ3n) is 6.37. The van der Waals surface area contributed by atoms with Crippen molar-refractivity contribution in [2.45, 2.75) is 43.0 Å². The average Bonchev–Trinajstić information content (AvgIpc) is 3.15. The van der Waals surface area contributed by atoms with E-state index in [2.05, 4.69) is 20.6 Å². The molecule has 0 aromatic carbocycles. The molecule has 3 saturated heterocycles. The SMILES string of the molecule is O=C(CCCC1C[C@]12CCSS2)OC(CN1CCOCC1)CN1CCOCC1. The van der Waals surface area contributed by atoms with Crippen LogP contribution in [-0.2, 0) is 19.0 Å². The standard InChI is InChI=1S/C20H34N2O4S2/c23-19(3-1-2-17-14-20(17)4-13-27-28-20)26-18(15-21-5-9-24-10-6-21)16-22-7-11-25-12-8-22/h17-18H,1-16H2/t17?,20-/m1/s1. The van der Waals surface area contributed by atoms with Crippen LogP contribution >= 0.6 is 21.6 Å². The first-order chi connectivity index (χ1) is 13.7. The second-order valence-electron chi connectivity index (χ2n) is 8.45. The highest BCUT2D eigenvalue weighted by Crippen LogP contribution is 2.66. The van der Waals surface area contributed by atoms with Crippen molar-refractivity contribution in [3.8, 4) is 0 Å². The summed E-state index contributed by atoms with van der Waals surface area (Å²) in [5, 5.41) is 0. The molecule has 4 aliphatic rings. The Labute approximate surface area is 176 Å². The fourth-order valence-corrected chi connectivity index (χ4v) is 8.23. The van der Waals surface area contributed by atoms with Crippen LogP contribution < -0.4 is 0 Å². The van der Waals surface area contributed by atoms with Crippen molar-refractivity contribution in [3.63, 3.8) is 0 Å². The molecule has 0 aromatic rings. The molecule has 0 aromatic heterocycles. The van der Waals surface area contributed by atoms with Gasteiger partial charge in [-0.2, -0.15) is 0 Å². The lowest BCUT2D eigenvalue weighted by molar-refractivity contribution is -0.152. The summed E-state index contributed by atoms with van der Waals surface area (Å²) in [7, 11) is 4.12. The number of esters is 1.